The van der Waals surface area contributed by atoms with E-state index in [9.17, 15) is 9.59 Å². The maximum atomic E-state index is 12.1. The molecule has 0 aromatic heterocycles. The first-order valence-corrected chi connectivity index (χ1v) is 7.22. The number of carbonyl (C=O) groups excluding carboxylic acids is 1. The summed E-state index contributed by atoms with van der Waals surface area (Å²) in [5.41, 5.74) is 0. The number of amides is 2. The monoisotopic (exact) mass is 284 g/mol. The van der Waals surface area contributed by atoms with E-state index < -0.39 is 5.97 Å². The van der Waals surface area contributed by atoms with Crippen LogP contribution in [0.1, 0.15) is 12.8 Å². The minimum absolute atomic E-state index is 0.00507. The number of piperazine rings is 1. The number of likely N-dealkylation sites (tertiary alicyclic amines) is 1. The van der Waals surface area contributed by atoms with Gasteiger partial charge < -0.3 is 20.2 Å². The fraction of sp³-hybridized carbons (Fsp3) is 0.846. The van der Waals surface area contributed by atoms with Gasteiger partial charge in [0, 0.05) is 32.2 Å². The predicted octanol–water partition coefficient (Wildman–Crippen LogP) is -0.508. The smallest absolute Gasteiger partial charge is 0.317 e. The van der Waals surface area contributed by atoms with Crippen molar-refractivity contribution >= 4 is 12.0 Å². The van der Waals surface area contributed by atoms with E-state index in [0.29, 0.717) is 26.2 Å². The maximum Gasteiger partial charge on any atom is 0.317 e. The number of rotatable bonds is 3. The second-order valence-corrected chi connectivity index (χ2v) is 5.68. The number of urea groups is 1. The maximum absolute atomic E-state index is 12.1. The second-order valence-electron chi connectivity index (χ2n) is 5.68. The molecule has 2 amide bonds. The van der Waals surface area contributed by atoms with Gasteiger partial charge in [0.2, 0.25) is 0 Å². The molecule has 0 aromatic carbocycles. The number of hydrogen-bond acceptors (Lipinski definition) is 4. The van der Waals surface area contributed by atoms with Crippen LogP contribution >= 0.6 is 0 Å². The molecule has 2 N–H and O–H groups in total. The molecular weight excluding hydrogens is 260 g/mol. The van der Waals surface area contributed by atoms with Crippen LogP contribution in [0, 0.1) is 0 Å². The molecule has 0 bridgehead atoms. The molecule has 20 heavy (non-hydrogen) atoms. The number of nitrogens with zero attached hydrogens (tertiary/aromatic N) is 3. The highest BCUT2D eigenvalue weighted by molar-refractivity contribution is 5.74. The fourth-order valence-electron chi connectivity index (χ4n) is 2.72. The largest absolute Gasteiger partial charge is 0.480 e. The molecule has 2 fully saturated rings. The Kier molecular flexibility index (Phi) is 5.19. The zero-order valence-corrected chi connectivity index (χ0v) is 12.0. The van der Waals surface area contributed by atoms with Gasteiger partial charge >= 0.3 is 12.0 Å². The lowest BCUT2D eigenvalue weighted by Crippen LogP contribution is -2.55. The van der Waals surface area contributed by atoms with Gasteiger partial charge in [-0.05, 0) is 33.0 Å². The number of carbonyl (C=O) groups is 2. The van der Waals surface area contributed by atoms with Gasteiger partial charge in [-0.15, -0.1) is 0 Å². The molecule has 0 saturated carbocycles. The summed E-state index contributed by atoms with van der Waals surface area (Å²) in [6, 6.07) is 0.269. The summed E-state index contributed by atoms with van der Waals surface area (Å²) >= 11 is 0. The average molecular weight is 284 g/mol. The van der Waals surface area contributed by atoms with Crippen LogP contribution < -0.4 is 5.32 Å². The minimum atomic E-state index is -0.811. The van der Waals surface area contributed by atoms with Crippen molar-refractivity contribution in [3.63, 3.8) is 0 Å². The van der Waals surface area contributed by atoms with Crippen LogP contribution in [0.25, 0.3) is 0 Å². The van der Waals surface area contributed by atoms with E-state index in [1.165, 1.54) is 0 Å². The first kappa shape index (κ1) is 15.1. The lowest BCUT2D eigenvalue weighted by molar-refractivity contribution is -0.138. The molecule has 7 heteroatoms. The van der Waals surface area contributed by atoms with E-state index in [-0.39, 0.29) is 18.6 Å². The minimum Gasteiger partial charge on any atom is -0.480 e. The third-order valence-electron chi connectivity index (χ3n) is 4.06. The average Bonchev–Trinajstić information content (AvgIpc) is 2.41. The standard InChI is InChI=1S/C13H24N4O3/c1-15-4-2-11(3-5-15)14-13(20)17-8-6-16(7-9-17)10-12(18)19/h11H,2-10H2,1H3,(H,14,20)(H,18,19). The molecule has 2 aliphatic heterocycles. The highest BCUT2D eigenvalue weighted by Crippen LogP contribution is 2.09. The number of aliphatic carboxylic acids is 1. The lowest BCUT2D eigenvalue weighted by atomic mass is 10.1. The van der Waals surface area contributed by atoms with Crippen LogP contribution in [-0.4, -0.2) is 90.7 Å². The van der Waals surface area contributed by atoms with Crippen molar-refractivity contribution < 1.29 is 14.7 Å². The molecule has 114 valence electrons. The number of carboxylic acid groups (broad SMARTS) is 1. The van der Waals surface area contributed by atoms with E-state index in [1.807, 2.05) is 4.90 Å². The van der Waals surface area contributed by atoms with E-state index in [4.69, 9.17) is 5.11 Å². The van der Waals surface area contributed by atoms with Gasteiger partial charge in [0.05, 0.1) is 6.54 Å². The summed E-state index contributed by atoms with van der Waals surface area (Å²) in [7, 11) is 2.10. The SMILES string of the molecule is CN1CCC(NC(=O)N2CCN(CC(=O)O)CC2)CC1. The second kappa shape index (κ2) is 6.90. The predicted molar refractivity (Wildman–Crippen MR) is 74.7 cm³/mol. The Labute approximate surface area is 119 Å². The fourth-order valence-corrected chi connectivity index (χ4v) is 2.72. The van der Waals surface area contributed by atoms with Crippen LogP contribution in [-0.2, 0) is 4.79 Å². The van der Waals surface area contributed by atoms with Crippen LogP contribution in [0.5, 0.6) is 0 Å². The Morgan fingerprint density at radius 2 is 1.70 bits per heavy atom. The molecular formula is C13H24N4O3. The summed E-state index contributed by atoms with van der Waals surface area (Å²) in [6.07, 6.45) is 2.00. The van der Waals surface area contributed by atoms with Gasteiger partial charge in [0.25, 0.3) is 0 Å². The molecule has 0 atom stereocenters. The van der Waals surface area contributed by atoms with Gasteiger partial charge in [-0.3, -0.25) is 9.69 Å². The molecule has 0 unspecified atom stereocenters. The molecule has 2 aliphatic rings. The van der Waals surface area contributed by atoms with Gasteiger partial charge in [0.15, 0.2) is 0 Å². The third-order valence-corrected chi connectivity index (χ3v) is 4.06. The molecule has 2 rings (SSSR count). The number of carboxylic acids is 1. The molecule has 0 aliphatic carbocycles. The van der Waals surface area contributed by atoms with Crippen molar-refractivity contribution in [3.8, 4) is 0 Å². The van der Waals surface area contributed by atoms with Crippen molar-refractivity contribution in [1.82, 2.24) is 20.0 Å². The summed E-state index contributed by atoms with van der Waals surface area (Å²) < 4.78 is 0. The van der Waals surface area contributed by atoms with Crippen molar-refractivity contribution in [2.75, 3.05) is 52.9 Å². The zero-order chi connectivity index (χ0) is 14.5. The lowest BCUT2D eigenvalue weighted by Gasteiger charge is -2.36. The summed E-state index contributed by atoms with van der Waals surface area (Å²) in [5.74, 6) is -0.811. The topological polar surface area (TPSA) is 76.1 Å². The molecule has 7 nitrogen and oxygen atoms in total. The van der Waals surface area contributed by atoms with Crippen LogP contribution in [0.2, 0.25) is 0 Å². The highest BCUT2D eigenvalue weighted by atomic mass is 16.4. The van der Waals surface area contributed by atoms with Crippen molar-refractivity contribution in [2.24, 2.45) is 0 Å². The molecule has 2 heterocycles. The Bertz CT molecular complexity index is 348. The Balaban J connectivity index is 1.70. The highest BCUT2D eigenvalue weighted by Gasteiger charge is 2.25. The first-order chi connectivity index (χ1) is 9.54. The van der Waals surface area contributed by atoms with Crippen molar-refractivity contribution in [2.45, 2.75) is 18.9 Å². The first-order valence-electron chi connectivity index (χ1n) is 7.22. The summed E-state index contributed by atoms with van der Waals surface area (Å²) in [5, 5.41) is 11.8. The number of hydrogen-bond donors (Lipinski definition) is 2. The van der Waals surface area contributed by atoms with Crippen LogP contribution in [0.3, 0.4) is 0 Å². The summed E-state index contributed by atoms with van der Waals surface area (Å²) in [4.78, 5) is 28.7. The van der Waals surface area contributed by atoms with Crippen LogP contribution in [0.4, 0.5) is 4.79 Å². The Morgan fingerprint density at radius 1 is 1.10 bits per heavy atom. The third kappa shape index (κ3) is 4.35. The molecule has 0 aromatic rings. The molecule has 0 radical (unpaired) electrons. The number of nitrogens with one attached hydrogen (secondary N) is 1. The van der Waals surface area contributed by atoms with Crippen molar-refractivity contribution in [1.29, 1.82) is 0 Å². The van der Waals surface area contributed by atoms with Gasteiger partial charge in [-0.25, -0.2) is 4.79 Å². The van der Waals surface area contributed by atoms with E-state index in [0.717, 1.165) is 25.9 Å². The van der Waals surface area contributed by atoms with E-state index in [2.05, 4.69) is 17.3 Å². The number of piperidine rings is 1. The van der Waals surface area contributed by atoms with Gasteiger partial charge in [-0.2, -0.15) is 0 Å². The van der Waals surface area contributed by atoms with Gasteiger partial charge in [0.1, 0.15) is 0 Å². The zero-order valence-electron chi connectivity index (χ0n) is 12.0. The van der Waals surface area contributed by atoms with E-state index in [1.54, 1.807) is 4.90 Å². The Hall–Kier alpha value is -1.34. The molecule has 0 spiro atoms. The quantitative estimate of drug-likeness (QED) is 0.730. The van der Waals surface area contributed by atoms with Gasteiger partial charge in [-0.1, -0.05) is 0 Å². The van der Waals surface area contributed by atoms with Crippen LogP contribution in [0.15, 0.2) is 0 Å². The normalized spacial score (nSPS) is 22.8. The van der Waals surface area contributed by atoms with Crippen molar-refractivity contribution in [3.05, 3.63) is 0 Å². The Morgan fingerprint density at radius 3 is 2.25 bits per heavy atom. The summed E-state index contributed by atoms with van der Waals surface area (Å²) in [6.45, 7) is 4.58. The molecule has 2 saturated heterocycles. The van der Waals surface area contributed by atoms with E-state index >= 15 is 0 Å².